The Balaban J connectivity index is 3.50. The number of aliphatic hydroxyl groups is 2. The van der Waals surface area contributed by atoms with Crippen LogP contribution >= 0.6 is 0 Å². The molecule has 0 saturated heterocycles. The Hall–Kier alpha value is -0.610. The number of unbranched alkanes of at least 4 members (excludes halogenated alkanes) is 22. The number of nitrogens with one attached hydrogen (secondary N) is 1. The maximum atomic E-state index is 12.2. The number of rotatable bonds is 29. The van der Waals surface area contributed by atoms with Crippen molar-refractivity contribution in [3.05, 3.63) is 0 Å². The third kappa shape index (κ3) is 25.1. The number of carbonyl (C=O) groups excluding carboxylic acids is 1. The van der Waals surface area contributed by atoms with Crippen molar-refractivity contribution < 1.29 is 15.0 Å². The number of aliphatic hydroxyl groups excluding tert-OH is 2. The van der Waals surface area contributed by atoms with E-state index in [1.165, 1.54) is 128 Å². The molecule has 0 aromatic heterocycles. The Kier molecular flexibility index (Phi) is 28.5. The van der Waals surface area contributed by atoms with Crippen molar-refractivity contribution >= 4 is 5.91 Å². The molecule has 3 N–H and O–H groups in total. The molecular formula is C32H65NO3. The highest BCUT2D eigenvalue weighted by molar-refractivity contribution is 5.76. The quantitative estimate of drug-likeness (QED) is 0.0877. The average Bonchev–Trinajstić information content (AvgIpc) is 2.88. The predicted molar refractivity (Wildman–Crippen MR) is 156 cm³/mol. The van der Waals surface area contributed by atoms with Gasteiger partial charge in [0.2, 0.25) is 5.91 Å². The molecule has 4 nitrogen and oxygen atoms in total. The smallest absolute Gasteiger partial charge is 0.220 e. The van der Waals surface area contributed by atoms with Gasteiger partial charge >= 0.3 is 0 Å². The van der Waals surface area contributed by atoms with Crippen LogP contribution < -0.4 is 5.32 Å². The normalized spacial score (nSPS) is 13.1. The molecule has 0 aliphatic rings. The highest BCUT2D eigenvalue weighted by atomic mass is 16.3. The van der Waals surface area contributed by atoms with Crippen LogP contribution in [0.4, 0.5) is 0 Å². The molecule has 0 aliphatic heterocycles. The number of hydrogen-bond donors (Lipinski definition) is 3. The Morgan fingerprint density at radius 2 is 0.889 bits per heavy atom. The maximum absolute atomic E-state index is 12.2. The van der Waals surface area contributed by atoms with Crippen LogP contribution in [0.5, 0.6) is 0 Å². The Labute approximate surface area is 225 Å². The van der Waals surface area contributed by atoms with Gasteiger partial charge in [0.05, 0.1) is 18.8 Å². The molecule has 0 radical (unpaired) electrons. The minimum absolute atomic E-state index is 0.0379. The fourth-order valence-corrected chi connectivity index (χ4v) is 5.06. The Morgan fingerprint density at radius 3 is 1.25 bits per heavy atom. The van der Waals surface area contributed by atoms with Crippen LogP contribution in [0, 0.1) is 0 Å². The first-order valence-corrected chi connectivity index (χ1v) is 16.2. The molecule has 2 unspecified atom stereocenters. The predicted octanol–water partition coefficient (Wildman–Crippen LogP) is 9.01. The molecule has 0 rings (SSSR count). The lowest BCUT2D eigenvalue weighted by Gasteiger charge is -2.22. The molecule has 0 bridgehead atoms. The van der Waals surface area contributed by atoms with E-state index in [4.69, 9.17) is 0 Å². The van der Waals surface area contributed by atoms with Crippen LogP contribution in [0.15, 0.2) is 0 Å². The van der Waals surface area contributed by atoms with E-state index >= 15 is 0 Å². The lowest BCUT2D eigenvalue weighted by atomic mass is 10.0. The SMILES string of the molecule is CCCCCCCCCCCCCCCCCCCC(O)C(CO)NC(=O)CCCCCCCCC. The van der Waals surface area contributed by atoms with Gasteiger partial charge in [-0.1, -0.05) is 162 Å². The van der Waals surface area contributed by atoms with Crippen LogP contribution in [-0.2, 0) is 4.79 Å². The van der Waals surface area contributed by atoms with Crippen molar-refractivity contribution in [2.24, 2.45) is 0 Å². The zero-order valence-electron chi connectivity index (χ0n) is 24.5. The first-order chi connectivity index (χ1) is 17.7. The van der Waals surface area contributed by atoms with Gasteiger partial charge in [0.25, 0.3) is 0 Å². The molecule has 0 aromatic carbocycles. The largest absolute Gasteiger partial charge is 0.394 e. The summed E-state index contributed by atoms with van der Waals surface area (Å²) in [6, 6.07) is -0.525. The van der Waals surface area contributed by atoms with Gasteiger partial charge in [-0.25, -0.2) is 0 Å². The monoisotopic (exact) mass is 511 g/mol. The van der Waals surface area contributed by atoms with Gasteiger partial charge in [0.15, 0.2) is 0 Å². The van der Waals surface area contributed by atoms with Crippen LogP contribution in [0.1, 0.15) is 181 Å². The average molecular weight is 512 g/mol. The van der Waals surface area contributed by atoms with Crippen molar-refractivity contribution in [2.75, 3.05) is 6.61 Å². The number of hydrogen-bond acceptors (Lipinski definition) is 3. The fourth-order valence-electron chi connectivity index (χ4n) is 5.06. The Morgan fingerprint density at radius 1 is 0.556 bits per heavy atom. The second kappa shape index (κ2) is 29.0. The summed E-state index contributed by atoms with van der Waals surface area (Å²) < 4.78 is 0. The van der Waals surface area contributed by atoms with Crippen LogP contribution in [0.2, 0.25) is 0 Å². The van der Waals surface area contributed by atoms with E-state index < -0.39 is 12.1 Å². The summed E-state index contributed by atoms with van der Waals surface area (Å²) >= 11 is 0. The molecule has 0 aromatic rings. The van der Waals surface area contributed by atoms with E-state index in [0.29, 0.717) is 12.8 Å². The first kappa shape index (κ1) is 35.4. The minimum atomic E-state index is -0.649. The lowest BCUT2D eigenvalue weighted by molar-refractivity contribution is -0.123. The second-order valence-corrected chi connectivity index (χ2v) is 11.2. The van der Waals surface area contributed by atoms with E-state index in [1.807, 2.05) is 0 Å². The van der Waals surface area contributed by atoms with Gasteiger partial charge in [0.1, 0.15) is 0 Å². The van der Waals surface area contributed by atoms with Crippen LogP contribution in [-0.4, -0.2) is 34.9 Å². The Bertz CT molecular complexity index is 443. The fraction of sp³-hybridized carbons (Fsp3) is 0.969. The van der Waals surface area contributed by atoms with Gasteiger partial charge < -0.3 is 15.5 Å². The molecule has 1 amide bonds. The number of amides is 1. The zero-order chi connectivity index (χ0) is 26.5. The minimum Gasteiger partial charge on any atom is -0.394 e. The number of carbonyl (C=O) groups is 1. The van der Waals surface area contributed by atoms with Crippen LogP contribution in [0.3, 0.4) is 0 Å². The summed E-state index contributed by atoms with van der Waals surface area (Å²) in [5, 5.41) is 22.9. The maximum Gasteiger partial charge on any atom is 0.220 e. The third-order valence-electron chi connectivity index (χ3n) is 7.62. The van der Waals surface area contributed by atoms with Gasteiger partial charge in [-0.15, -0.1) is 0 Å². The summed E-state index contributed by atoms with van der Waals surface area (Å²) in [6.07, 6.45) is 31.6. The van der Waals surface area contributed by atoms with Gasteiger partial charge in [-0.2, -0.15) is 0 Å². The lowest BCUT2D eigenvalue weighted by Crippen LogP contribution is -2.45. The van der Waals surface area contributed by atoms with Crippen molar-refractivity contribution in [1.82, 2.24) is 5.32 Å². The van der Waals surface area contributed by atoms with E-state index in [9.17, 15) is 15.0 Å². The van der Waals surface area contributed by atoms with E-state index in [1.54, 1.807) is 0 Å². The van der Waals surface area contributed by atoms with Crippen molar-refractivity contribution in [2.45, 2.75) is 193 Å². The molecule has 4 heteroatoms. The van der Waals surface area contributed by atoms with Gasteiger partial charge in [-0.05, 0) is 12.8 Å². The molecule has 2 atom stereocenters. The van der Waals surface area contributed by atoms with Gasteiger partial charge in [-0.3, -0.25) is 4.79 Å². The summed E-state index contributed by atoms with van der Waals surface area (Å²) in [5.41, 5.74) is 0. The van der Waals surface area contributed by atoms with Crippen molar-refractivity contribution in [1.29, 1.82) is 0 Å². The third-order valence-corrected chi connectivity index (χ3v) is 7.62. The summed E-state index contributed by atoms with van der Waals surface area (Å²) in [4.78, 5) is 12.2. The van der Waals surface area contributed by atoms with Crippen LogP contribution in [0.25, 0.3) is 0 Å². The molecular weight excluding hydrogens is 446 g/mol. The van der Waals surface area contributed by atoms with Crippen molar-refractivity contribution in [3.63, 3.8) is 0 Å². The van der Waals surface area contributed by atoms with E-state index in [-0.39, 0.29) is 12.5 Å². The molecule has 216 valence electrons. The molecule has 36 heavy (non-hydrogen) atoms. The summed E-state index contributed by atoms with van der Waals surface area (Å²) in [7, 11) is 0. The highest BCUT2D eigenvalue weighted by Gasteiger charge is 2.19. The molecule has 0 heterocycles. The molecule has 0 fully saturated rings. The topological polar surface area (TPSA) is 69.6 Å². The molecule has 0 saturated carbocycles. The summed E-state index contributed by atoms with van der Waals surface area (Å²) in [5.74, 6) is -0.0379. The summed E-state index contributed by atoms with van der Waals surface area (Å²) in [6.45, 7) is 4.31. The molecule has 0 aliphatic carbocycles. The van der Waals surface area contributed by atoms with E-state index in [2.05, 4.69) is 19.2 Å². The van der Waals surface area contributed by atoms with E-state index in [0.717, 1.165) is 25.7 Å². The molecule has 0 spiro atoms. The zero-order valence-corrected chi connectivity index (χ0v) is 24.5. The van der Waals surface area contributed by atoms with Crippen molar-refractivity contribution in [3.8, 4) is 0 Å². The van der Waals surface area contributed by atoms with Gasteiger partial charge in [0, 0.05) is 6.42 Å². The first-order valence-electron chi connectivity index (χ1n) is 16.2. The second-order valence-electron chi connectivity index (χ2n) is 11.2. The standard InChI is InChI=1S/C32H65NO3/c1-3-5-7-9-11-12-13-14-15-16-17-18-19-20-22-23-25-27-31(35)30(29-34)33-32(36)28-26-24-21-10-8-6-4-2/h30-31,34-35H,3-29H2,1-2H3,(H,33,36). The highest BCUT2D eigenvalue weighted by Crippen LogP contribution is 2.15.